The highest BCUT2D eigenvalue weighted by Gasteiger charge is 2.26. The van der Waals surface area contributed by atoms with Gasteiger partial charge in [-0.05, 0) is 13.5 Å². The summed E-state index contributed by atoms with van der Waals surface area (Å²) in [6, 6.07) is -0.426. The number of hydrogen-bond donors (Lipinski definition) is 2. The molecule has 2 atom stereocenters. The van der Waals surface area contributed by atoms with Gasteiger partial charge < -0.3 is 20.3 Å². The van der Waals surface area contributed by atoms with Crippen molar-refractivity contribution in [2.24, 2.45) is 5.92 Å². The van der Waals surface area contributed by atoms with E-state index in [1.807, 2.05) is 13.8 Å². The maximum absolute atomic E-state index is 12.3. The molecule has 6 nitrogen and oxygen atoms in total. The molecule has 1 aliphatic rings. The highest BCUT2D eigenvalue weighted by Crippen LogP contribution is 2.05. The zero-order valence-electron chi connectivity index (χ0n) is 12.5. The Hall–Kier alpha value is -0.850. The molecule has 0 radical (unpaired) electrons. The topological polar surface area (TPSA) is 70.7 Å². The average molecular weight is 308 g/mol. The zero-order chi connectivity index (χ0) is 14.3. The molecule has 0 spiro atoms. The second-order valence-electron chi connectivity index (χ2n) is 4.87. The second-order valence-corrected chi connectivity index (χ2v) is 4.87. The molecule has 0 bridgehead atoms. The van der Waals surface area contributed by atoms with E-state index in [1.54, 1.807) is 11.9 Å². The van der Waals surface area contributed by atoms with Gasteiger partial charge in [0.05, 0.1) is 13.2 Å². The number of nitrogens with one attached hydrogen (secondary N) is 2. The van der Waals surface area contributed by atoms with E-state index in [4.69, 9.17) is 4.74 Å². The summed E-state index contributed by atoms with van der Waals surface area (Å²) >= 11 is 0. The average Bonchev–Trinajstić information content (AvgIpc) is 2.45. The van der Waals surface area contributed by atoms with Gasteiger partial charge in [-0.1, -0.05) is 13.8 Å². The maximum atomic E-state index is 12.3. The van der Waals surface area contributed by atoms with E-state index in [2.05, 4.69) is 10.6 Å². The molecule has 2 amide bonds. The van der Waals surface area contributed by atoms with E-state index in [-0.39, 0.29) is 30.1 Å². The predicted molar refractivity (Wildman–Crippen MR) is 80.0 cm³/mol. The third-order valence-corrected chi connectivity index (χ3v) is 3.30. The Kier molecular flexibility index (Phi) is 9.54. The fourth-order valence-corrected chi connectivity index (χ4v) is 2.06. The van der Waals surface area contributed by atoms with E-state index < -0.39 is 6.04 Å². The molecule has 2 N–H and O–H groups in total. The van der Waals surface area contributed by atoms with Crippen LogP contribution in [0.3, 0.4) is 0 Å². The predicted octanol–water partition coefficient (Wildman–Crippen LogP) is 0.0173. The highest BCUT2D eigenvalue weighted by molar-refractivity contribution is 5.88. The molecule has 0 saturated carbocycles. The van der Waals surface area contributed by atoms with Crippen molar-refractivity contribution in [1.29, 1.82) is 0 Å². The minimum Gasteiger partial charge on any atom is -0.378 e. The molecule has 1 fully saturated rings. The summed E-state index contributed by atoms with van der Waals surface area (Å²) in [5, 5.41) is 5.80. The molecule has 1 saturated heterocycles. The minimum atomic E-state index is -0.426. The summed E-state index contributed by atoms with van der Waals surface area (Å²) in [5.41, 5.74) is 0. The molecular weight excluding hydrogens is 282 g/mol. The Morgan fingerprint density at radius 2 is 1.90 bits per heavy atom. The lowest BCUT2D eigenvalue weighted by molar-refractivity contribution is -0.140. The summed E-state index contributed by atoms with van der Waals surface area (Å²) in [5.74, 6) is -0.227. The third kappa shape index (κ3) is 5.64. The van der Waals surface area contributed by atoms with Crippen molar-refractivity contribution >= 4 is 24.2 Å². The minimum absolute atomic E-state index is 0. The Balaban J connectivity index is 0.00000361. The molecule has 0 aromatic carbocycles. The van der Waals surface area contributed by atoms with E-state index in [0.717, 1.165) is 0 Å². The SMILES string of the molecule is CCC(NC(=O)C(C)CNC)C(=O)N1CCOCC1.Cl. The lowest BCUT2D eigenvalue weighted by atomic mass is 10.1. The van der Waals surface area contributed by atoms with Gasteiger partial charge in [0.1, 0.15) is 6.04 Å². The van der Waals surface area contributed by atoms with Crippen LogP contribution < -0.4 is 10.6 Å². The van der Waals surface area contributed by atoms with Gasteiger partial charge in [-0.3, -0.25) is 9.59 Å². The number of ether oxygens (including phenoxy) is 1. The van der Waals surface area contributed by atoms with Crippen LogP contribution in [0.25, 0.3) is 0 Å². The van der Waals surface area contributed by atoms with Crippen LogP contribution in [0.2, 0.25) is 0 Å². The standard InChI is InChI=1S/C13H25N3O3.ClH/c1-4-11(15-12(17)10(2)9-14-3)13(18)16-5-7-19-8-6-16;/h10-11,14H,4-9H2,1-3H3,(H,15,17);1H. The summed E-state index contributed by atoms with van der Waals surface area (Å²) in [6.07, 6.45) is 0.605. The number of carbonyl (C=O) groups excluding carboxylic acids is 2. The first-order valence-electron chi connectivity index (χ1n) is 6.91. The molecule has 118 valence electrons. The molecule has 1 heterocycles. The van der Waals surface area contributed by atoms with E-state index in [9.17, 15) is 9.59 Å². The fraction of sp³-hybridized carbons (Fsp3) is 0.846. The smallest absolute Gasteiger partial charge is 0.245 e. The van der Waals surface area contributed by atoms with Crippen LogP contribution in [0.5, 0.6) is 0 Å². The molecule has 0 aromatic heterocycles. The van der Waals surface area contributed by atoms with Crippen LogP contribution in [0.4, 0.5) is 0 Å². The van der Waals surface area contributed by atoms with Gasteiger partial charge in [-0.2, -0.15) is 0 Å². The van der Waals surface area contributed by atoms with Gasteiger partial charge in [-0.15, -0.1) is 12.4 Å². The van der Waals surface area contributed by atoms with Crippen molar-refractivity contribution in [2.45, 2.75) is 26.3 Å². The zero-order valence-corrected chi connectivity index (χ0v) is 13.3. The van der Waals surface area contributed by atoms with Gasteiger partial charge in [-0.25, -0.2) is 0 Å². The monoisotopic (exact) mass is 307 g/mol. The van der Waals surface area contributed by atoms with Crippen LogP contribution in [0.15, 0.2) is 0 Å². The van der Waals surface area contributed by atoms with Gasteiger partial charge in [0.25, 0.3) is 0 Å². The molecule has 7 heteroatoms. The molecule has 0 aliphatic carbocycles. The van der Waals surface area contributed by atoms with Crippen LogP contribution >= 0.6 is 12.4 Å². The molecular formula is C13H26ClN3O3. The normalized spacial score (nSPS) is 17.9. The molecule has 1 rings (SSSR count). The molecule has 0 aromatic rings. The van der Waals surface area contributed by atoms with Crippen molar-refractivity contribution in [3.63, 3.8) is 0 Å². The number of amides is 2. The first-order chi connectivity index (χ1) is 9.10. The summed E-state index contributed by atoms with van der Waals surface area (Å²) < 4.78 is 5.23. The van der Waals surface area contributed by atoms with Crippen molar-refractivity contribution in [1.82, 2.24) is 15.5 Å². The van der Waals surface area contributed by atoms with Crippen molar-refractivity contribution in [2.75, 3.05) is 39.9 Å². The molecule has 2 unspecified atom stereocenters. The van der Waals surface area contributed by atoms with Crippen molar-refractivity contribution in [3.8, 4) is 0 Å². The Morgan fingerprint density at radius 1 is 1.30 bits per heavy atom. The lowest BCUT2D eigenvalue weighted by Crippen LogP contribution is -2.52. The Labute approximate surface area is 127 Å². The van der Waals surface area contributed by atoms with Crippen LogP contribution in [-0.4, -0.2) is 62.7 Å². The Morgan fingerprint density at radius 3 is 2.40 bits per heavy atom. The van der Waals surface area contributed by atoms with E-state index in [1.165, 1.54) is 0 Å². The summed E-state index contributed by atoms with van der Waals surface area (Å²) in [7, 11) is 1.81. The number of morpholine rings is 1. The number of halogens is 1. The van der Waals surface area contributed by atoms with Gasteiger partial charge in [0.15, 0.2) is 0 Å². The van der Waals surface area contributed by atoms with E-state index in [0.29, 0.717) is 39.3 Å². The van der Waals surface area contributed by atoms with Crippen LogP contribution in [0.1, 0.15) is 20.3 Å². The summed E-state index contributed by atoms with van der Waals surface area (Å²) in [6.45, 7) is 6.73. The van der Waals surface area contributed by atoms with Crippen molar-refractivity contribution < 1.29 is 14.3 Å². The number of nitrogens with zero attached hydrogens (tertiary/aromatic N) is 1. The largest absolute Gasteiger partial charge is 0.378 e. The van der Waals surface area contributed by atoms with Crippen molar-refractivity contribution in [3.05, 3.63) is 0 Å². The fourth-order valence-electron chi connectivity index (χ4n) is 2.06. The van der Waals surface area contributed by atoms with Crippen LogP contribution in [0, 0.1) is 5.92 Å². The number of hydrogen-bond acceptors (Lipinski definition) is 4. The first kappa shape index (κ1) is 19.1. The molecule has 1 aliphatic heterocycles. The highest BCUT2D eigenvalue weighted by atomic mass is 35.5. The number of carbonyl (C=O) groups is 2. The molecule has 20 heavy (non-hydrogen) atoms. The van der Waals surface area contributed by atoms with Gasteiger partial charge >= 0.3 is 0 Å². The van der Waals surface area contributed by atoms with Gasteiger partial charge in [0.2, 0.25) is 11.8 Å². The Bertz CT molecular complexity index is 309. The van der Waals surface area contributed by atoms with E-state index >= 15 is 0 Å². The summed E-state index contributed by atoms with van der Waals surface area (Å²) in [4.78, 5) is 26.0. The second kappa shape index (κ2) is 9.96. The third-order valence-electron chi connectivity index (χ3n) is 3.30. The van der Waals surface area contributed by atoms with Crippen LogP contribution in [-0.2, 0) is 14.3 Å². The first-order valence-corrected chi connectivity index (χ1v) is 6.91. The quantitative estimate of drug-likeness (QED) is 0.726. The lowest BCUT2D eigenvalue weighted by Gasteiger charge is -2.30. The maximum Gasteiger partial charge on any atom is 0.245 e. The number of rotatable bonds is 6. The van der Waals surface area contributed by atoms with Gasteiger partial charge in [0, 0.05) is 25.6 Å².